The van der Waals surface area contributed by atoms with Gasteiger partial charge in [-0.15, -0.1) is 0 Å². The summed E-state index contributed by atoms with van der Waals surface area (Å²) in [6.45, 7) is 9.43. The van der Waals surface area contributed by atoms with E-state index in [4.69, 9.17) is 0 Å². The lowest BCUT2D eigenvalue weighted by Crippen LogP contribution is -2.35. The van der Waals surface area contributed by atoms with Crippen LogP contribution in [0.5, 0.6) is 0 Å². The summed E-state index contributed by atoms with van der Waals surface area (Å²) in [5.41, 5.74) is 2.55. The Morgan fingerprint density at radius 1 is 1.38 bits per heavy atom. The van der Waals surface area contributed by atoms with Crippen molar-refractivity contribution in [3.8, 4) is 0 Å². The Bertz CT molecular complexity index is 274. The van der Waals surface area contributed by atoms with Gasteiger partial charge in [0.25, 0.3) is 0 Å². The third-order valence-electron chi connectivity index (χ3n) is 1.93. The molecule has 1 rings (SSSR count). The molecule has 1 heterocycles. The largest absolute Gasteiger partial charge is 0.308 e. The highest BCUT2D eigenvalue weighted by molar-refractivity contribution is 5.18. The van der Waals surface area contributed by atoms with Gasteiger partial charge in [-0.25, -0.2) is 0 Å². The number of aryl methyl sites for hydroxylation is 1. The molecule has 0 amide bonds. The van der Waals surface area contributed by atoms with E-state index in [2.05, 4.69) is 37.1 Å². The van der Waals surface area contributed by atoms with E-state index in [-0.39, 0.29) is 5.54 Å². The molecule has 0 radical (unpaired) electrons. The zero-order valence-electron chi connectivity index (χ0n) is 8.89. The van der Waals surface area contributed by atoms with E-state index >= 15 is 0 Å². The van der Waals surface area contributed by atoms with E-state index in [9.17, 15) is 0 Å². The maximum Gasteiger partial charge on any atom is 0.0417 e. The minimum absolute atomic E-state index is 0.169. The second-order valence-corrected chi connectivity index (χ2v) is 4.35. The summed E-state index contributed by atoms with van der Waals surface area (Å²) in [4.78, 5) is 4.24. The van der Waals surface area contributed by atoms with Crippen LogP contribution in [0.15, 0.2) is 18.3 Å². The van der Waals surface area contributed by atoms with E-state index < -0.39 is 0 Å². The molecular weight excluding hydrogens is 160 g/mol. The Balaban J connectivity index is 2.60. The average molecular weight is 178 g/mol. The number of nitrogens with one attached hydrogen (secondary N) is 1. The van der Waals surface area contributed by atoms with E-state index in [1.807, 2.05) is 19.2 Å². The fraction of sp³-hybridized carbons (Fsp3) is 0.545. The number of hydrogen-bond acceptors (Lipinski definition) is 2. The van der Waals surface area contributed by atoms with Crippen molar-refractivity contribution in [3.05, 3.63) is 29.6 Å². The first-order chi connectivity index (χ1) is 5.99. The lowest BCUT2D eigenvalue weighted by atomic mass is 10.1. The van der Waals surface area contributed by atoms with Crippen molar-refractivity contribution < 1.29 is 0 Å². The van der Waals surface area contributed by atoms with Crippen molar-refractivity contribution in [1.82, 2.24) is 10.3 Å². The van der Waals surface area contributed by atoms with Gasteiger partial charge in [0.15, 0.2) is 0 Å². The van der Waals surface area contributed by atoms with E-state index in [1.54, 1.807) is 0 Å². The molecule has 0 aliphatic heterocycles. The van der Waals surface area contributed by atoms with E-state index in [0.717, 1.165) is 12.2 Å². The van der Waals surface area contributed by atoms with Crippen LogP contribution >= 0.6 is 0 Å². The first-order valence-electron chi connectivity index (χ1n) is 4.64. The van der Waals surface area contributed by atoms with Crippen molar-refractivity contribution in [2.75, 3.05) is 0 Å². The minimum atomic E-state index is 0.169. The third kappa shape index (κ3) is 3.55. The maximum atomic E-state index is 4.24. The predicted octanol–water partition coefficient (Wildman–Crippen LogP) is 2.28. The van der Waals surface area contributed by atoms with Crippen LogP contribution in [0.1, 0.15) is 32.0 Å². The van der Waals surface area contributed by atoms with Crippen molar-refractivity contribution in [3.63, 3.8) is 0 Å². The smallest absolute Gasteiger partial charge is 0.0417 e. The van der Waals surface area contributed by atoms with Crippen LogP contribution in [0.4, 0.5) is 0 Å². The molecular formula is C11H18N2. The van der Waals surface area contributed by atoms with Gasteiger partial charge in [-0.2, -0.15) is 0 Å². The predicted molar refractivity (Wildman–Crippen MR) is 55.6 cm³/mol. The fourth-order valence-corrected chi connectivity index (χ4v) is 1.06. The molecule has 0 aromatic carbocycles. The molecule has 0 saturated heterocycles. The second-order valence-electron chi connectivity index (χ2n) is 4.35. The quantitative estimate of drug-likeness (QED) is 0.751. The molecule has 0 spiro atoms. The van der Waals surface area contributed by atoms with Gasteiger partial charge in [0.2, 0.25) is 0 Å². The molecule has 13 heavy (non-hydrogen) atoms. The molecule has 2 heteroatoms. The highest BCUT2D eigenvalue weighted by Crippen LogP contribution is 2.06. The van der Waals surface area contributed by atoms with Crippen molar-refractivity contribution in [1.29, 1.82) is 0 Å². The summed E-state index contributed by atoms with van der Waals surface area (Å²) < 4.78 is 0. The molecule has 2 nitrogen and oxygen atoms in total. The summed E-state index contributed by atoms with van der Waals surface area (Å²) >= 11 is 0. The molecule has 1 N–H and O–H groups in total. The topological polar surface area (TPSA) is 24.9 Å². The number of rotatable bonds is 2. The number of hydrogen-bond donors (Lipinski definition) is 1. The molecule has 0 saturated carbocycles. The SMILES string of the molecule is Cc1ncccc1CNC(C)(C)C. The first kappa shape index (κ1) is 10.2. The van der Waals surface area contributed by atoms with Gasteiger partial charge < -0.3 is 5.32 Å². The molecule has 0 aliphatic carbocycles. The van der Waals surface area contributed by atoms with Crippen LogP contribution in [0, 0.1) is 6.92 Å². The maximum absolute atomic E-state index is 4.24. The summed E-state index contributed by atoms with van der Waals surface area (Å²) in [6, 6.07) is 4.09. The van der Waals surface area contributed by atoms with Crippen LogP contribution in [-0.4, -0.2) is 10.5 Å². The number of aromatic nitrogens is 1. The lowest BCUT2D eigenvalue weighted by molar-refractivity contribution is 0.423. The molecule has 0 bridgehead atoms. The molecule has 0 aliphatic rings. The van der Waals surface area contributed by atoms with Gasteiger partial charge in [-0.3, -0.25) is 4.98 Å². The van der Waals surface area contributed by atoms with E-state index in [0.29, 0.717) is 0 Å². The average Bonchev–Trinajstić information content (AvgIpc) is 2.01. The summed E-state index contributed by atoms with van der Waals surface area (Å²) in [7, 11) is 0. The van der Waals surface area contributed by atoms with Crippen LogP contribution < -0.4 is 5.32 Å². The van der Waals surface area contributed by atoms with Gasteiger partial charge in [-0.1, -0.05) is 6.07 Å². The molecule has 1 aromatic heterocycles. The standard InChI is InChI=1S/C11H18N2/c1-9-10(6-5-7-12-9)8-13-11(2,3)4/h5-7,13H,8H2,1-4H3. The lowest BCUT2D eigenvalue weighted by Gasteiger charge is -2.20. The second kappa shape index (κ2) is 3.88. The molecule has 0 unspecified atom stereocenters. The summed E-state index contributed by atoms with van der Waals surface area (Å²) in [6.07, 6.45) is 1.83. The van der Waals surface area contributed by atoms with Crippen molar-refractivity contribution >= 4 is 0 Å². The number of nitrogens with zero attached hydrogens (tertiary/aromatic N) is 1. The van der Waals surface area contributed by atoms with Gasteiger partial charge in [0.05, 0.1) is 0 Å². The fourth-order valence-electron chi connectivity index (χ4n) is 1.06. The van der Waals surface area contributed by atoms with Crippen LogP contribution in [0.2, 0.25) is 0 Å². The Morgan fingerprint density at radius 3 is 2.62 bits per heavy atom. The van der Waals surface area contributed by atoms with Gasteiger partial charge in [0, 0.05) is 24.0 Å². The highest BCUT2D eigenvalue weighted by atomic mass is 14.9. The van der Waals surface area contributed by atoms with E-state index in [1.165, 1.54) is 5.56 Å². The first-order valence-corrected chi connectivity index (χ1v) is 4.64. The monoisotopic (exact) mass is 178 g/mol. The number of pyridine rings is 1. The zero-order valence-corrected chi connectivity index (χ0v) is 8.89. The normalized spacial score (nSPS) is 11.7. The van der Waals surface area contributed by atoms with Crippen LogP contribution in [-0.2, 0) is 6.54 Å². The highest BCUT2D eigenvalue weighted by Gasteiger charge is 2.08. The molecule has 0 atom stereocenters. The Labute approximate surface area is 80.4 Å². The van der Waals surface area contributed by atoms with Gasteiger partial charge in [-0.05, 0) is 39.3 Å². The molecule has 0 fully saturated rings. The third-order valence-corrected chi connectivity index (χ3v) is 1.93. The Hall–Kier alpha value is -0.890. The Kier molecular flexibility index (Phi) is 3.04. The zero-order chi connectivity index (χ0) is 9.90. The molecule has 72 valence electrons. The minimum Gasteiger partial charge on any atom is -0.308 e. The van der Waals surface area contributed by atoms with Crippen LogP contribution in [0.25, 0.3) is 0 Å². The van der Waals surface area contributed by atoms with Crippen LogP contribution in [0.3, 0.4) is 0 Å². The molecule has 1 aromatic rings. The van der Waals surface area contributed by atoms with Crippen molar-refractivity contribution in [2.45, 2.75) is 39.8 Å². The van der Waals surface area contributed by atoms with Gasteiger partial charge >= 0.3 is 0 Å². The summed E-state index contributed by atoms with van der Waals surface area (Å²) in [5.74, 6) is 0. The Morgan fingerprint density at radius 2 is 2.08 bits per heavy atom. The van der Waals surface area contributed by atoms with Gasteiger partial charge in [0.1, 0.15) is 0 Å². The van der Waals surface area contributed by atoms with Crippen molar-refractivity contribution in [2.24, 2.45) is 0 Å². The summed E-state index contributed by atoms with van der Waals surface area (Å²) in [5, 5.41) is 3.44.